The number of allylic oxidation sites excluding steroid dienone is 2. The highest BCUT2D eigenvalue weighted by molar-refractivity contribution is 5.89. The lowest BCUT2D eigenvalue weighted by atomic mass is 9.93. The predicted molar refractivity (Wildman–Crippen MR) is 119 cm³/mol. The molecule has 0 saturated carbocycles. The molecule has 29 heavy (non-hydrogen) atoms. The number of rotatable bonds is 8. The van der Waals surface area contributed by atoms with E-state index < -0.39 is 5.54 Å². The minimum absolute atomic E-state index is 0.118. The SMILES string of the molecule is C\C=C/C(C#N)=c1/cccc/c1=C\NC(=O)C(CC)(COC(C)(C)C)N(C)CC. The van der Waals surface area contributed by atoms with E-state index in [1.807, 2.05) is 83.8 Å². The Kier molecular flexibility index (Phi) is 9.29. The molecule has 0 aliphatic carbocycles. The van der Waals surface area contributed by atoms with Crippen molar-refractivity contribution in [1.29, 1.82) is 5.26 Å². The van der Waals surface area contributed by atoms with Crippen molar-refractivity contribution in [2.24, 2.45) is 0 Å². The fraction of sp³-hybridized carbons (Fsp3) is 0.500. The second kappa shape index (κ2) is 10.9. The molecule has 1 rings (SSSR count). The fourth-order valence-corrected chi connectivity index (χ4v) is 3.02. The number of carbonyl (C=O) groups is 1. The largest absolute Gasteiger partial charge is 0.373 e. The molecule has 0 bridgehead atoms. The van der Waals surface area contributed by atoms with Crippen molar-refractivity contribution in [2.75, 3.05) is 20.2 Å². The van der Waals surface area contributed by atoms with Gasteiger partial charge in [-0.05, 0) is 59.0 Å². The number of nitrogens with zero attached hydrogens (tertiary/aromatic N) is 2. The topological polar surface area (TPSA) is 65.4 Å². The highest BCUT2D eigenvalue weighted by Gasteiger charge is 2.41. The van der Waals surface area contributed by atoms with Gasteiger partial charge in [0.25, 0.3) is 0 Å². The number of amides is 1. The van der Waals surface area contributed by atoms with Gasteiger partial charge >= 0.3 is 0 Å². The summed E-state index contributed by atoms with van der Waals surface area (Å²) < 4.78 is 6.02. The van der Waals surface area contributed by atoms with Crippen LogP contribution in [0.4, 0.5) is 0 Å². The molecule has 0 heterocycles. The molecule has 1 atom stereocenters. The first kappa shape index (κ1) is 24.6. The summed E-state index contributed by atoms with van der Waals surface area (Å²) in [6.07, 6.45) is 5.90. The Hall–Kier alpha value is -2.42. The molecule has 1 N–H and O–H groups in total. The van der Waals surface area contributed by atoms with Gasteiger partial charge in [-0.3, -0.25) is 9.69 Å². The summed E-state index contributed by atoms with van der Waals surface area (Å²) in [5.74, 6) is -0.118. The first-order valence-electron chi connectivity index (χ1n) is 10.1. The standard InChI is InChI=1S/C24H35N3O2/c1-8-13-19(16-25)21-15-12-11-14-20(21)17-26-22(28)24(9-2,27(7)10-3)18-29-23(4,5)6/h8,11-15,17H,9-10,18H2,1-7H3,(H,26,28)/b13-8-,20-17+,21-19+. The molecule has 1 amide bonds. The van der Waals surface area contributed by atoms with Crippen molar-refractivity contribution in [2.45, 2.75) is 59.1 Å². The number of hydrogen-bond acceptors (Lipinski definition) is 4. The molecule has 0 aromatic heterocycles. The molecule has 5 heteroatoms. The monoisotopic (exact) mass is 397 g/mol. The number of nitrogens with one attached hydrogen (secondary N) is 1. The smallest absolute Gasteiger partial charge is 0.246 e. The van der Waals surface area contributed by atoms with E-state index in [0.29, 0.717) is 18.6 Å². The van der Waals surface area contributed by atoms with E-state index in [2.05, 4.69) is 11.4 Å². The molecular weight excluding hydrogens is 362 g/mol. The lowest BCUT2D eigenvalue weighted by Gasteiger charge is -2.40. The highest BCUT2D eigenvalue weighted by Crippen LogP contribution is 2.22. The first-order chi connectivity index (χ1) is 13.6. The number of hydrogen-bond donors (Lipinski definition) is 1. The molecule has 1 aromatic carbocycles. The summed E-state index contributed by atoms with van der Waals surface area (Å²) in [5.41, 5.74) is -0.565. The summed E-state index contributed by atoms with van der Waals surface area (Å²) in [6, 6.07) is 9.76. The Morgan fingerprint density at radius 3 is 2.45 bits per heavy atom. The van der Waals surface area contributed by atoms with Crippen LogP contribution in [0, 0.1) is 11.3 Å². The Morgan fingerprint density at radius 1 is 1.28 bits per heavy atom. The Morgan fingerprint density at radius 2 is 1.93 bits per heavy atom. The molecule has 0 radical (unpaired) electrons. The van der Waals surface area contributed by atoms with E-state index in [-0.39, 0.29) is 11.5 Å². The van der Waals surface area contributed by atoms with Gasteiger partial charge in [-0.2, -0.15) is 5.26 Å². The van der Waals surface area contributed by atoms with E-state index >= 15 is 0 Å². The Labute approximate surface area is 175 Å². The number of nitriles is 1. The molecule has 0 aliphatic heterocycles. The molecule has 5 nitrogen and oxygen atoms in total. The van der Waals surface area contributed by atoms with Crippen molar-refractivity contribution in [3.63, 3.8) is 0 Å². The van der Waals surface area contributed by atoms with E-state index in [1.54, 1.807) is 12.3 Å². The second-order valence-electron chi connectivity index (χ2n) is 8.03. The lowest BCUT2D eigenvalue weighted by Crippen LogP contribution is -2.60. The van der Waals surface area contributed by atoms with Crippen molar-refractivity contribution in [1.82, 2.24) is 10.2 Å². The van der Waals surface area contributed by atoms with Crippen LogP contribution in [-0.2, 0) is 9.53 Å². The van der Waals surface area contributed by atoms with Gasteiger partial charge in [0.1, 0.15) is 5.54 Å². The van der Waals surface area contributed by atoms with Gasteiger partial charge in [0.2, 0.25) is 5.91 Å². The summed E-state index contributed by atoms with van der Waals surface area (Å²) in [4.78, 5) is 15.3. The Balaban J connectivity index is 3.38. The number of likely N-dealkylation sites (N-methyl/N-ethyl adjacent to an activating group) is 1. The summed E-state index contributed by atoms with van der Waals surface area (Å²) >= 11 is 0. The minimum atomic E-state index is -0.779. The van der Waals surface area contributed by atoms with Crippen LogP contribution in [0.25, 0.3) is 11.8 Å². The highest BCUT2D eigenvalue weighted by atomic mass is 16.5. The second-order valence-corrected chi connectivity index (χ2v) is 8.03. The van der Waals surface area contributed by atoms with Crippen LogP contribution in [0.3, 0.4) is 0 Å². The van der Waals surface area contributed by atoms with Gasteiger partial charge in [0.15, 0.2) is 0 Å². The molecule has 1 aromatic rings. The summed E-state index contributed by atoms with van der Waals surface area (Å²) in [7, 11) is 1.94. The third-order valence-corrected chi connectivity index (χ3v) is 5.02. The van der Waals surface area contributed by atoms with Crippen molar-refractivity contribution in [3.8, 4) is 6.07 Å². The van der Waals surface area contributed by atoms with Crippen LogP contribution in [0.15, 0.2) is 36.4 Å². The molecule has 0 spiro atoms. The fourth-order valence-electron chi connectivity index (χ4n) is 3.02. The number of carbonyl (C=O) groups excluding carboxylic acids is 1. The molecule has 1 unspecified atom stereocenters. The molecule has 0 aliphatic rings. The quantitative estimate of drug-likeness (QED) is 0.732. The van der Waals surface area contributed by atoms with E-state index in [1.165, 1.54) is 0 Å². The van der Waals surface area contributed by atoms with E-state index in [0.717, 1.165) is 17.0 Å². The van der Waals surface area contributed by atoms with Crippen LogP contribution >= 0.6 is 0 Å². The van der Waals surface area contributed by atoms with Gasteiger partial charge in [-0.25, -0.2) is 0 Å². The van der Waals surface area contributed by atoms with Crippen LogP contribution < -0.4 is 15.8 Å². The number of benzene rings is 1. The molecular formula is C24H35N3O2. The maximum atomic E-state index is 13.3. The van der Waals surface area contributed by atoms with Crippen LogP contribution in [0.5, 0.6) is 0 Å². The average molecular weight is 398 g/mol. The molecule has 0 fully saturated rings. The van der Waals surface area contributed by atoms with Gasteiger partial charge in [-0.1, -0.05) is 44.2 Å². The third kappa shape index (κ3) is 6.56. The third-order valence-electron chi connectivity index (χ3n) is 5.02. The zero-order chi connectivity index (χ0) is 22.1. The van der Waals surface area contributed by atoms with Crippen molar-refractivity contribution >= 4 is 17.7 Å². The number of ether oxygens (including phenoxy) is 1. The van der Waals surface area contributed by atoms with Gasteiger partial charge in [0.05, 0.1) is 23.9 Å². The van der Waals surface area contributed by atoms with Crippen LogP contribution in [0.1, 0.15) is 48.0 Å². The van der Waals surface area contributed by atoms with E-state index in [4.69, 9.17) is 4.74 Å². The van der Waals surface area contributed by atoms with E-state index in [9.17, 15) is 10.1 Å². The zero-order valence-corrected chi connectivity index (χ0v) is 18.9. The van der Waals surface area contributed by atoms with Crippen LogP contribution in [-0.4, -0.2) is 42.1 Å². The van der Waals surface area contributed by atoms with Crippen molar-refractivity contribution < 1.29 is 9.53 Å². The summed E-state index contributed by atoms with van der Waals surface area (Å²) in [6.45, 7) is 12.9. The van der Waals surface area contributed by atoms with Crippen molar-refractivity contribution in [3.05, 3.63) is 46.9 Å². The maximum Gasteiger partial charge on any atom is 0.246 e. The zero-order valence-electron chi connectivity index (χ0n) is 18.9. The maximum absolute atomic E-state index is 13.3. The first-order valence-corrected chi connectivity index (χ1v) is 10.1. The Bertz CT molecular complexity index is 875. The van der Waals surface area contributed by atoms with Gasteiger partial charge in [0, 0.05) is 11.4 Å². The average Bonchev–Trinajstić information content (AvgIpc) is 2.70. The molecule has 158 valence electrons. The normalized spacial score (nSPS) is 15.9. The van der Waals surface area contributed by atoms with Gasteiger partial charge < -0.3 is 10.1 Å². The van der Waals surface area contributed by atoms with Gasteiger partial charge in [-0.15, -0.1) is 0 Å². The lowest BCUT2D eigenvalue weighted by molar-refractivity contribution is -0.141. The molecule has 0 saturated heterocycles. The predicted octanol–water partition coefficient (Wildman–Crippen LogP) is 2.71. The minimum Gasteiger partial charge on any atom is -0.373 e. The summed E-state index contributed by atoms with van der Waals surface area (Å²) in [5, 5.41) is 14.0. The van der Waals surface area contributed by atoms with Crippen LogP contribution in [0.2, 0.25) is 0 Å².